The first kappa shape index (κ1) is 17.2. The van der Waals surface area contributed by atoms with Crippen LogP contribution in [0.4, 0.5) is 5.13 Å². The van der Waals surface area contributed by atoms with Crippen LogP contribution in [0.15, 0.2) is 77.9 Å². The van der Waals surface area contributed by atoms with E-state index >= 15 is 0 Å². The van der Waals surface area contributed by atoms with E-state index < -0.39 is 0 Å². The summed E-state index contributed by atoms with van der Waals surface area (Å²) in [6, 6.07) is 24.3. The molecule has 3 aromatic carbocycles. The molecule has 1 N–H and O–H groups in total. The Morgan fingerprint density at radius 1 is 1.04 bits per heavy atom. The number of rotatable bonds is 6. The van der Waals surface area contributed by atoms with Crippen molar-refractivity contribution in [2.45, 2.75) is 13.5 Å². The van der Waals surface area contributed by atoms with Crippen molar-refractivity contribution in [3.63, 3.8) is 0 Å². The van der Waals surface area contributed by atoms with Gasteiger partial charge in [0.15, 0.2) is 0 Å². The van der Waals surface area contributed by atoms with Gasteiger partial charge in [-0.2, -0.15) is 5.10 Å². The van der Waals surface area contributed by atoms with Crippen molar-refractivity contribution in [1.29, 1.82) is 0 Å². The van der Waals surface area contributed by atoms with Gasteiger partial charge in [-0.3, -0.25) is 5.43 Å². The first-order chi connectivity index (χ1) is 13.3. The average Bonchev–Trinajstić information content (AvgIpc) is 3.11. The van der Waals surface area contributed by atoms with Crippen molar-refractivity contribution in [2.24, 2.45) is 5.10 Å². The van der Waals surface area contributed by atoms with Gasteiger partial charge in [0, 0.05) is 0 Å². The van der Waals surface area contributed by atoms with E-state index in [9.17, 15) is 0 Å². The molecule has 0 radical (unpaired) electrons. The highest BCUT2D eigenvalue weighted by Gasteiger charge is 2.01. The van der Waals surface area contributed by atoms with Crippen LogP contribution in [0.3, 0.4) is 0 Å². The molecule has 4 aromatic rings. The minimum atomic E-state index is 0.546. The summed E-state index contributed by atoms with van der Waals surface area (Å²) in [6.45, 7) is 2.63. The molecule has 0 aliphatic heterocycles. The topological polar surface area (TPSA) is 46.5 Å². The number of nitrogens with zero attached hydrogens (tertiary/aromatic N) is 2. The van der Waals surface area contributed by atoms with Crippen LogP contribution in [-0.2, 0) is 6.61 Å². The summed E-state index contributed by atoms with van der Waals surface area (Å²) < 4.78 is 7.03. The van der Waals surface area contributed by atoms with E-state index in [0.717, 1.165) is 32.2 Å². The van der Waals surface area contributed by atoms with Gasteiger partial charge in [-0.25, -0.2) is 4.98 Å². The number of hydrogen-bond acceptors (Lipinski definition) is 5. The van der Waals surface area contributed by atoms with Gasteiger partial charge in [0.1, 0.15) is 12.4 Å². The van der Waals surface area contributed by atoms with Crippen molar-refractivity contribution in [3.05, 3.63) is 89.5 Å². The average molecular weight is 373 g/mol. The second-order valence-corrected chi connectivity index (χ2v) is 7.23. The first-order valence-corrected chi connectivity index (χ1v) is 9.51. The van der Waals surface area contributed by atoms with Crippen molar-refractivity contribution < 1.29 is 4.74 Å². The zero-order valence-corrected chi connectivity index (χ0v) is 15.7. The zero-order chi connectivity index (χ0) is 18.5. The highest BCUT2D eigenvalue weighted by Crippen LogP contribution is 2.25. The Hall–Kier alpha value is -3.18. The molecule has 0 unspecified atom stereocenters. The summed E-state index contributed by atoms with van der Waals surface area (Å²) >= 11 is 1.58. The molecule has 134 valence electrons. The Balaban J connectivity index is 1.38. The zero-order valence-electron chi connectivity index (χ0n) is 14.9. The number of nitrogens with one attached hydrogen (secondary N) is 1. The maximum atomic E-state index is 5.88. The summed E-state index contributed by atoms with van der Waals surface area (Å²) in [5, 5.41) is 5.07. The molecule has 0 spiro atoms. The molecule has 0 atom stereocenters. The van der Waals surface area contributed by atoms with E-state index in [1.165, 1.54) is 5.56 Å². The number of aromatic nitrogens is 1. The molecule has 4 nitrogen and oxygen atoms in total. The molecule has 4 rings (SSSR count). The van der Waals surface area contributed by atoms with Crippen molar-refractivity contribution in [1.82, 2.24) is 4.98 Å². The van der Waals surface area contributed by atoms with Crippen LogP contribution in [-0.4, -0.2) is 11.2 Å². The molecule has 1 aromatic heterocycles. The van der Waals surface area contributed by atoms with Crippen LogP contribution in [0.5, 0.6) is 5.75 Å². The number of hydrogen-bond donors (Lipinski definition) is 1. The maximum absolute atomic E-state index is 5.88. The fourth-order valence-corrected chi connectivity index (χ4v) is 3.43. The molecule has 0 saturated carbocycles. The summed E-state index contributed by atoms with van der Waals surface area (Å²) in [6.07, 6.45) is 1.77. The Labute approximate surface area is 162 Å². The Kier molecular flexibility index (Phi) is 5.12. The lowest BCUT2D eigenvalue weighted by atomic mass is 10.2. The number of thiazole rings is 1. The smallest absolute Gasteiger partial charge is 0.204 e. The lowest BCUT2D eigenvalue weighted by Crippen LogP contribution is -1.96. The molecule has 0 saturated heterocycles. The normalized spacial score (nSPS) is 11.1. The fourth-order valence-electron chi connectivity index (χ4n) is 2.62. The van der Waals surface area contributed by atoms with E-state index in [2.05, 4.69) is 52.8 Å². The van der Waals surface area contributed by atoms with Crippen LogP contribution in [0, 0.1) is 6.92 Å². The molecule has 0 aliphatic rings. The number of aryl methyl sites for hydroxylation is 1. The monoisotopic (exact) mass is 373 g/mol. The number of benzene rings is 3. The predicted molar refractivity (Wildman–Crippen MR) is 113 cm³/mol. The lowest BCUT2D eigenvalue weighted by Gasteiger charge is -2.07. The Morgan fingerprint density at radius 3 is 2.74 bits per heavy atom. The van der Waals surface area contributed by atoms with Gasteiger partial charge in [-0.05, 0) is 42.3 Å². The van der Waals surface area contributed by atoms with Gasteiger partial charge in [-0.15, -0.1) is 0 Å². The second kappa shape index (κ2) is 8.01. The van der Waals surface area contributed by atoms with Gasteiger partial charge < -0.3 is 4.74 Å². The summed E-state index contributed by atoms with van der Waals surface area (Å²) in [7, 11) is 0. The molecule has 27 heavy (non-hydrogen) atoms. The molecular weight excluding hydrogens is 354 g/mol. The predicted octanol–water partition coefficient (Wildman–Crippen LogP) is 5.63. The standard InChI is InChI=1S/C22H19N3OS/c1-16-9-11-17(12-10-16)15-26-19-6-4-5-18(13-19)14-23-25-22-24-20-7-2-3-8-21(20)27-22/h2-14H,15H2,1H3,(H,24,25)/b23-14-. The minimum Gasteiger partial charge on any atom is -0.489 e. The third-order valence-corrected chi connectivity index (χ3v) is 4.99. The number of hydrazone groups is 1. The highest BCUT2D eigenvalue weighted by molar-refractivity contribution is 7.22. The number of anilines is 1. The Morgan fingerprint density at radius 2 is 1.89 bits per heavy atom. The van der Waals surface area contributed by atoms with Gasteiger partial charge in [0.25, 0.3) is 0 Å². The molecular formula is C22H19N3OS. The SMILES string of the molecule is Cc1ccc(COc2cccc(/C=N\Nc3nc4ccccc4s3)c2)cc1. The number of ether oxygens (including phenoxy) is 1. The van der Waals surface area contributed by atoms with Gasteiger partial charge >= 0.3 is 0 Å². The summed E-state index contributed by atoms with van der Waals surface area (Å²) in [4.78, 5) is 4.50. The van der Waals surface area contributed by atoms with Crippen LogP contribution in [0.2, 0.25) is 0 Å². The van der Waals surface area contributed by atoms with Crippen LogP contribution < -0.4 is 10.2 Å². The largest absolute Gasteiger partial charge is 0.489 e. The molecule has 1 heterocycles. The third-order valence-electron chi connectivity index (χ3n) is 4.05. The maximum Gasteiger partial charge on any atom is 0.204 e. The van der Waals surface area contributed by atoms with E-state index in [1.54, 1.807) is 17.6 Å². The molecule has 0 bridgehead atoms. The van der Waals surface area contributed by atoms with Crippen molar-refractivity contribution >= 4 is 32.9 Å². The molecule has 0 fully saturated rings. The van der Waals surface area contributed by atoms with Gasteiger partial charge in [0.05, 0.1) is 16.4 Å². The molecule has 5 heteroatoms. The number of para-hydroxylation sites is 1. The Bertz CT molecular complexity index is 1040. The molecule has 0 aliphatic carbocycles. The quantitative estimate of drug-likeness (QED) is 0.352. The van der Waals surface area contributed by atoms with E-state index in [4.69, 9.17) is 4.74 Å². The van der Waals surface area contributed by atoms with Crippen molar-refractivity contribution in [3.8, 4) is 5.75 Å². The summed E-state index contributed by atoms with van der Waals surface area (Å²) in [5.74, 6) is 0.819. The van der Waals surface area contributed by atoms with Crippen LogP contribution in [0.25, 0.3) is 10.2 Å². The third kappa shape index (κ3) is 4.51. The molecule has 0 amide bonds. The number of fused-ring (bicyclic) bond motifs is 1. The van der Waals surface area contributed by atoms with Crippen LogP contribution >= 0.6 is 11.3 Å². The lowest BCUT2D eigenvalue weighted by molar-refractivity contribution is 0.306. The highest BCUT2D eigenvalue weighted by atomic mass is 32.1. The summed E-state index contributed by atoms with van der Waals surface area (Å²) in [5.41, 5.74) is 7.34. The van der Waals surface area contributed by atoms with Crippen molar-refractivity contribution in [2.75, 3.05) is 5.43 Å². The van der Waals surface area contributed by atoms with E-state index in [1.807, 2.05) is 42.5 Å². The minimum absolute atomic E-state index is 0.546. The van der Waals surface area contributed by atoms with E-state index in [0.29, 0.717) is 6.61 Å². The van der Waals surface area contributed by atoms with Gasteiger partial charge in [-0.1, -0.05) is 65.4 Å². The second-order valence-electron chi connectivity index (χ2n) is 6.20. The van der Waals surface area contributed by atoms with Gasteiger partial charge in [0.2, 0.25) is 5.13 Å². The fraction of sp³-hybridized carbons (Fsp3) is 0.0909. The first-order valence-electron chi connectivity index (χ1n) is 8.69. The van der Waals surface area contributed by atoms with Crippen LogP contribution in [0.1, 0.15) is 16.7 Å². The van der Waals surface area contributed by atoms with E-state index in [-0.39, 0.29) is 0 Å².